The van der Waals surface area contributed by atoms with E-state index in [0.717, 1.165) is 22.1 Å². The molecule has 2 aromatic heterocycles. The Morgan fingerprint density at radius 2 is 1.85 bits per heavy atom. The van der Waals surface area contributed by atoms with E-state index >= 15 is 0 Å². The molecule has 0 radical (unpaired) electrons. The summed E-state index contributed by atoms with van der Waals surface area (Å²) < 4.78 is 17.8. The summed E-state index contributed by atoms with van der Waals surface area (Å²) in [5.74, 6) is 0.452. The maximum Gasteiger partial charge on any atom is 0.340 e. The number of nitrogen functional groups attached to an aromatic ring is 1. The smallest absolute Gasteiger partial charge is 0.340 e. The molecule has 4 aromatic rings. The highest BCUT2D eigenvalue weighted by atomic mass is 16.7. The number of carbonyl (C=O) groups is 1. The fourth-order valence-corrected chi connectivity index (χ4v) is 5.04. The average molecular weight is 455 g/mol. The van der Waals surface area contributed by atoms with E-state index < -0.39 is 12.1 Å². The molecule has 7 rings (SSSR count). The van der Waals surface area contributed by atoms with E-state index in [-0.39, 0.29) is 36.6 Å². The number of aliphatic hydroxyl groups is 1. The lowest BCUT2D eigenvalue weighted by molar-refractivity contribution is -0.157. The van der Waals surface area contributed by atoms with Crippen LogP contribution in [0.15, 0.2) is 47.3 Å². The Hall–Kier alpha value is -4.37. The second-order valence-electron chi connectivity index (χ2n) is 8.53. The van der Waals surface area contributed by atoms with Gasteiger partial charge in [0.25, 0.3) is 5.56 Å². The van der Waals surface area contributed by atoms with E-state index in [2.05, 4.69) is 0 Å². The third kappa shape index (κ3) is 2.49. The van der Waals surface area contributed by atoms with Crippen LogP contribution in [-0.2, 0) is 22.7 Å². The number of aliphatic hydroxyl groups excluding tert-OH is 1. The maximum atomic E-state index is 13.4. The number of fused-ring (bicyclic) bond motifs is 6. The lowest BCUT2D eigenvalue weighted by atomic mass is 9.93. The number of aromatic nitrogens is 2. The molecular formula is C25H17N3O6. The first kappa shape index (κ1) is 19.1. The van der Waals surface area contributed by atoms with E-state index in [1.165, 1.54) is 0 Å². The molecule has 168 valence electrons. The number of benzene rings is 2. The van der Waals surface area contributed by atoms with Gasteiger partial charge in [-0.25, -0.2) is 9.78 Å². The zero-order valence-electron chi connectivity index (χ0n) is 17.7. The second-order valence-corrected chi connectivity index (χ2v) is 8.53. The molecule has 9 nitrogen and oxygen atoms in total. The quantitative estimate of drug-likeness (QED) is 0.292. The third-order valence-corrected chi connectivity index (χ3v) is 6.63. The molecule has 3 N–H and O–H groups in total. The van der Waals surface area contributed by atoms with Crippen molar-refractivity contribution in [3.8, 4) is 34.0 Å². The van der Waals surface area contributed by atoms with Gasteiger partial charge in [0, 0.05) is 28.3 Å². The summed E-state index contributed by atoms with van der Waals surface area (Å²) in [6.07, 6.45) is -1.51. The van der Waals surface area contributed by atoms with Crippen LogP contribution in [0, 0.1) is 0 Å². The number of nitrogens with two attached hydrogens (primary N) is 1. The van der Waals surface area contributed by atoms with Gasteiger partial charge in [0.05, 0.1) is 29.0 Å². The highest BCUT2D eigenvalue weighted by Crippen LogP contribution is 2.45. The lowest BCUT2D eigenvalue weighted by Gasteiger charge is -2.21. The summed E-state index contributed by atoms with van der Waals surface area (Å²) in [5.41, 5.74) is 11.4. The summed E-state index contributed by atoms with van der Waals surface area (Å²) in [6.45, 7) is 0.249. The fourth-order valence-electron chi connectivity index (χ4n) is 5.04. The third-order valence-electron chi connectivity index (χ3n) is 6.63. The van der Waals surface area contributed by atoms with Gasteiger partial charge in [0.1, 0.15) is 6.61 Å². The van der Waals surface area contributed by atoms with Crippen LogP contribution in [0.1, 0.15) is 22.8 Å². The van der Waals surface area contributed by atoms with Crippen molar-refractivity contribution < 1.29 is 24.1 Å². The van der Waals surface area contributed by atoms with Crippen LogP contribution in [0.4, 0.5) is 5.69 Å². The standard InChI is InChI=1S/C25H17N3O6/c26-12-3-1-2-11(4-12)21-14-6-19-20(34-10-33-19)7-17(14)27-22-15(21)8-28-18(22)5-13-16(24(28)30)9-32-25(31)23(13)29/h1-7,23,29H,8-10,26H2/t23-/m0/s1. The van der Waals surface area contributed by atoms with Gasteiger partial charge >= 0.3 is 5.97 Å². The summed E-state index contributed by atoms with van der Waals surface area (Å²) in [6, 6.07) is 12.9. The Morgan fingerprint density at radius 3 is 2.68 bits per heavy atom. The van der Waals surface area contributed by atoms with Crippen molar-refractivity contribution in [3.63, 3.8) is 0 Å². The fraction of sp³-hybridized carbons (Fsp3) is 0.160. The normalized spacial score (nSPS) is 17.3. The number of rotatable bonds is 1. The first-order chi connectivity index (χ1) is 16.5. The number of pyridine rings is 2. The zero-order valence-corrected chi connectivity index (χ0v) is 17.7. The van der Waals surface area contributed by atoms with Crippen molar-refractivity contribution in [2.75, 3.05) is 12.5 Å². The number of hydrogen-bond donors (Lipinski definition) is 2. The monoisotopic (exact) mass is 455 g/mol. The van der Waals surface area contributed by atoms with Crippen molar-refractivity contribution in [2.24, 2.45) is 0 Å². The molecule has 0 saturated heterocycles. The predicted octanol–water partition coefficient (Wildman–Crippen LogP) is 2.49. The van der Waals surface area contributed by atoms with Gasteiger partial charge in [-0.15, -0.1) is 0 Å². The topological polar surface area (TPSA) is 126 Å². The average Bonchev–Trinajstić information content (AvgIpc) is 3.43. The van der Waals surface area contributed by atoms with E-state index in [4.69, 9.17) is 24.9 Å². The molecule has 34 heavy (non-hydrogen) atoms. The zero-order chi connectivity index (χ0) is 23.1. The summed E-state index contributed by atoms with van der Waals surface area (Å²) in [4.78, 5) is 30.2. The Bertz CT molecular complexity index is 1640. The van der Waals surface area contributed by atoms with Gasteiger partial charge in [-0.3, -0.25) is 4.79 Å². The molecule has 9 heteroatoms. The first-order valence-corrected chi connectivity index (χ1v) is 10.7. The number of esters is 1. The Balaban J connectivity index is 1.57. The van der Waals surface area contributed by atoms with Gasteiger partial charge in [0.15, 0.2) is 17.6 Å². The highest BCUT2D eigenvalue weighted by Gasteiger charge is 2.35. The first-order valence-electron chi connectivity index (χ1n) is 10.7. The number of carbonyl (C=O) groups excluding carboxylic acids is 1. The van der Waals surface area contributed by atoms with Crippen molar-refractivity contribution in [1.82, 2.24) is 9.55 Å². The van der Waals surface area contributed by atoms with Crippen molar-refractivity contribution in [3.05, 3.63) is 69.5 Å². The van der Waals surface area contributed by atoms with E-state index in [1.807, 2.05) is 36.4 Å². The van der Waals surface area contributed by atoms with Crippen LogP contribution in [0.5, 0.6) is 11.5 Å². The minimum Gasteiger partial charge on any atom is -0.458 e. The number of anilines is 1. The molecule has 0 fully saturated rings. The minimum absolute atomic E-state index is 0.136. The Labute approximate surface area is 191 Å². The number of nitrogens with zero attached hydrogens (tertiary/aromatic N) is 2. The number of ether oxygens (including phenoxy) is 3. The van der Waals surface area contributed by atoms with Gasteiger partial charge in [-0.2, -0.15) is 0 Å². The van der Waals surface area contributed by atoms with Crippen LogP contribution in [-0.4, -0.2) is 27.4 Å². The van der Waals surface area contributed by atoms with Gasteiger partial charge < -0.3 is 29.6 Å². The molecule has 3 aliphatic heterocycles. The van der Waals surface area contributed by atoms with Gasteiger partial charge in [0.2, 0.25) is 6.79 Å². The molecule has 0 amide bonds. The molecule has 0 unspecified atom stereocenters. The number of cyclic esters (lactones) is 1. The van der Waals surface area contributed by atoms with Crippen LogP contribution in [0.2, 0.25) is 0 Å². The molecule has 0 aliphatic carbocycles. The van der Waals surface area contributed by atoms with E-state index in [9.17, 15) is 14.7 Å². The molecule has 2 aromatic carbocycles. The Kier molecular flexibility index (Phi) is 3.70. The molecule has 3 aliphatic rings. The van der Waals surface area contributed by atoms with E-state index in [1.54, 1.807) is 10.6 Å². The molecule has 5 heterocycles. The minimum atomic E-state index is -1.51. The van der Waals surface area contributed by atoms with Crippen LogP contribution in [0.25, 0.3) is 33.4 Å². The molecule has 0 bridgehead atoms. The largest absolute Gasteiger partial charge is 0.458 e. The van der Waals surface area contributed by atoms with Gasteiger partial charge in [-0.05, 0) is 35.4 Å². The van der Waals surface area contributed by atoms with E-state index in [0.29, 0.717) is 34.1 Å². The molecule has 1 atom stereocenters. The summed E-state index contributed by atoms with van der Waals surface area (Å²) in [7, 11) is 0. The van der Waals surface area contributed by atoms with Crippen molar-refractivity contribution >= 4 is 22.6 Å². The van der Waals surface area contributed by atoms with Crippen LogP contribution < -0.4 is 20.8 Å². The SMILES string of the molecule is Nc1cccc(-c2c3c(nc4cc5c(cc24)OCO5)-c2cc4c(c(=O)n2C3)COC(=O)[C@H]4O)c1. The number of hydrogen-bond acceptors (Lipinski definition) is 8. The highest BCUT2D eigenvalue weighted by molar-refractivity contribution is 6.01. The molecule has 0 spiro atoms. The molecule has 0 saturated carbocycles. The second kappa shape index (κ2) is 6.58. The van der Waals surface area contributed by atoms with Crippen molar-refractivity contribution in [2.45, 2.75) is 19.3 Å². The van der Waals surface area contributed by atoms with Gasteiger partial charge in [-0.1, -0.05) is 12.1 Å². The summed E-state index contributed by atoms with van der Waals surface area (Å²) in [5, 5.41) is 11.2. The summed E-state index contributed by atoms with van der Waals surface area (Å²) >= 11 is 0. The Morgan fingerprint density at radius 1 is 1.03 bits per heavy atom. The van der Waals surface area contributed by atoms with Crippen LogP contribution >= 0.6 is 0 Å². The molecular weight excluding hydrogens is 438 g/mol. The van der Waals surface area contributed by atoms with Crippen molar-refractivity contribution in [1.29, 1.82) is 0 Å². The predicted molar refractivity (Wildman–Crippen MR) is 121 cm³/mol. The lowest BCUT2D eigenvalue weighted by Crippen LogP contribution is -2.32. The van der Waals surface area contributed by atoms with Crippen LogP contribution in [0.3, 0.4) is 0 Å². The maximum absolute atomic E-state index is 13.4.